The molecular weight excluding hydrogens is 274 g/mol. The number of aliphatic hydroxyl groups excluding tert-OH is 1. The van der Waals surface area contributed by atoms with Gasteiger partial charge in [0.2, 0.25) is 0 Å². The number of nitrogens with two attached hydrogens (primary N) is 1. The Labute approximate surface area is 123 Å². The predicted octanol–water partition coefficient (Wildman–Crippen LogP) is 0.119. The van der Waals surface area contributed by atoms with E-state index in [4.69, 9.17) is 10.5 Å². The van der Waals surface area contributed by atoms with Crippen molar-refractivity contribution < 1.29 is 14.6 Å². The summed E-state index contributed by atoms with van der Waals surface area (Å²) >= 11 is 0. The lowest BCUT2D eigenvalue weighted by Gasteiger charge is -2.19. The van der Waals surface area contributed by atoms with Crippen molar-refractivity contribution in [2.45, 2.75) is 25.7 Å². The van der Waals surface area contributed by atoms with E-state index >= 15 is 0 Å². The van der Waals surface area contributed by atoms with E-state index in [9.17, 15) is 9.90 Å². The molecular formula is C13H21N5O3. The van der Waals surface area contributed by atoms with Gasteiger partial charge in [-0.25, -0.2) is 4.98 Å². The first kappa shape index (κ1) is 15.5. The summed E-state index contributed by atoms with van der Waals surface area (Å²) in [7, 11) is 3.52. The number of aliphatic imine (C=N–C) groups is 1. The number of carbonyl (C=O) groups excluding carboxylic acids is 1. The molecule has 2 rings (SSSR count). The van der Waals surface area contributed by atoms with Crippen LogP contribution in [0.4, 0.5) is 5.82 Å². The summed E-state index contributed by atoms with van der Waals surface area (Å²) in [4.78, 5) is 21.1. The van der Waals surface area contributed by atoms with E-state index in [1.54, 1.807) is 23.6 Å². The fraction of sp³-hybridized carbons (Fsp3) is 0.615. The molecule has 0 saturated carbocycles. The molecule has 116 valence electrons. The number of aromatic nitrogens is 2. The lowest BCUT2D eigenvalue weighted by Crippen LogP contribution is -2.30. The molecule has 8 heteroatoms. The first-order chi connectivity index (χ1) is 9.97. The molecule has 8 nitrogen and oxygen atoms in total. The van der Waals surface area contributed by atoms with Crippen molar-refractivity contribution >= 4 is 18.1 Å². The quantitative estimate of drug-likeness (QED) is 0.464. The van der Waals surface area contributed by atoms with E-state index in [1.165, 1.54) is 6.33 Å². The zero-order valence-electron chi connectivity index (χ0n) is 12.4. The maximum Gasteiger partial charge on any atom is 0.197 e. The SMILES string of the molecule is CC1CC(CO)OC1n1cnc(C=O)c1/N=C(/N)N(C)C. The van der Waals surface area contributed by atoms with Crippen LogP contribution in [0.2, 0.25) is 0 Å². The van der Waals surface area contributed by atoms with Crippen molar-refractivity contribution in [1.29, 1.82) is 0 Å². The molecule has 2 heterocycles. The van der Waals surface area contributed by atoms with Gasteiger partial charge in [-0.2, -0.15) is 4.99 Å². The van der Waals surface area contributed by atoms with Gasteiger partial charge in [0.05, 0.1) is 19.0 Å². The minimum Gasteiger partial charge on any atom is -0.394 e. The van der Waals surface area contributed by atoms with Gasteiger partial charge in [-0.15, -0.1) is 0 Å². The highest BCUT2D eigenvalue weighted by Gasteiger charge is 2.34. The number of carbonyl (C=O) groups is 1. The van der Waals surface area contributed by atoms with Gasteiger partial charge in [0, 0.05) is 20.0 Å². The van der Waals surface area contributed by atoms with Crippen molar-refractivity contribution in [3.05, 3.63) is 12.0 Å². The van der Waals surface area contributed by atoms with Gasteiger partial charge in [0.1, 0.15) is 11.9 Å². The zero-order valence-corrected chi connectivity index (χ0v) is 12.4. The monoisotopic (exact) mass is 295 g/mol. The summed E-state index contributed by atoms with van der Waals surface area (Å²) in [6, 6.07) is 0. The van der Waals surface area contributed by atoms with Crippen molar-refractivity contribution in [2.24, 2.45) is 16.6 Å². The van der Waals surface area contributed by atoms with Gasteiger partial charge in [0.25, 0.3) is 0 Å². The van der Waals surface area contributed by atoms with Gasteiger partial charge in [-0.05, 0) is 6.42 Å². The molecule has 0 aromatic carbocycles. The first-order valence-electron chi connectivity index (χ1n) is 6.77. The maximum absolute atomic E-state index is 11.1. The van der Waals surface area contributed by atoms with Gasteiger partial charge in [0.15, 0.2) is 18.1 Å². The van der Waals surface area contributed by atoms with Crippen LogP contribution < -0.4 is 5.73 Å². The minimum absolute atomic E-state index is 0.0332. The van der Waals surface area contributed by atoms with Crippen LogP contribution in [0.5, 0.6) is 0 Å². The van der Waals surface area contributed by atoms with Gasteiger partial charge in [-0.1, -0.05) is 6.92 Å². The zero-order chi connectivity index (χ0) is 15.6. The summed E-state index contributed by atoms with van der Waals surface area (Å²) in [5.74, 6) is 0.807. The van der Waals surface area contributed by atoms with E-state index in [0.29, 0.717) is 12.1 Å². The fourth-order valence-corrected chi connectivity index (χ4v) is 2.34. The Morgan fingerprint density at radius 1 is 1.71 bits per heavy atom. The second-order valence-corrected chi connectivity index (χ2v) is 5.39. The third kappa shape index (κ3) is 3.06. The summed E-state index contributed by atoms with van der Waals surface area (Å²) < 4.78 is 7.48. The van der Waals surface area contributed by atoms with Crippen LogP contribution in [0.1, 0.15) is 30.1 Å². The van der Waals surface area contributed by atoms with E-state index < -0.39 is 0 Å². The molecule has 0 radical (unpaired) electrons. The molecule has 3 N–H and O–H groups in total. The van der Waals surface area contributed by atoms with Crippen molar-refractivity contribution in [1.82, 2.24) is 14.5 Å². The summed E-state index contributed by atoms with van der Waals surface area (Å²) in [6.07, 6.45) is 2.36. The maximum atomic E-state index is 11.1. The Balaban J connectivity index is 2.39. The van der Waals surface area contributed by atoms with E-state index in [2.05, 4.69) is 9.98 Å². The number of hydrogen-bond donors (Lipinski definition) is 2. The van der Waals surface area contributed by atoms with Crippen molar-refractivity contribution in [3.63, 3.8) is 0 Å². The lowest BCUT2D eigenvalue weighted by atomic mass is 10.1. The lowest BCUT2D eigenvalue weighted by molar-refractivity contribution is -0.0303. The Hall–Kier alpha value is -1.93. The molecule has 1 fully saturated rings. The average Bonchev–Trinajstić information content (AvgIpc) is 3.01. The number of guanidine groups is 1. The number of nitrogens with zero attached hydrogens (tertiary/aromatic N) is 4. The van der Waals surface area contributed by atoms with E-state index in [0.717, 1.165) is 6.42 Å². The highest BCUT2D eigenvalue weighted by Crippen LogP contribution is 2.37. The standard InChI is InChI=1S/C13H21N5O3/c1-8-4-9(5-19)21-12(8)18-7-15-10(6-20)11(18)16-13(14)17(2)3/h6-9,12,19H,4-5H2,1-3H3,(H2,14,16). The summed E-state index contributed by atoms with van der Waals surface area (Å²) in [5.41, 5.74) is 6.04. The van der Waals surface area contributed by atoms with Crippen LogP contribution in [-0.4, -0.2) is 58.6 Å². The second kappa shape index (κ2) is 6.23. The molecule has 3 atom stereocenters. The number of aliphatic hydroxyl groups is 1. The normalized spacial score (nSPS) is 26.1. The molecule has 0 aliphatic carbocycles. The molecule has 1 aromatic heterocycles. The highest BCUT2D eigenvalue weighted by atomic mass is 16.5. The molecule has 21 heavy (non-hydrogen) atoms. The molecule has 0 amide bonds. The first-order valence-corrected chi connectivity index (χ1v) is 6.77. The Kier molecular flexibility index (Phi) is 4.59. The van der Waals surface area contributed by atoms with Gasteiger partial charge in [-0.3, -0.25) is 9.36 Å². The third-order valence-electron chi connectivity index (χ3n) is 3.52. The molecule has 3 unspecified atom stereocenters. The molecule has 0 spiro atoms. The van der Waals surface area contributed by atoms with Crippen LogP contribution in [0.15, 0.2) is 11.3 Å². The summed E-state index contributed by atoms with van der Waals surface area (Å²) in [6.45, 7) is 1.98. The van der Waals surface area contributed by atoms with E-state index in [1.807, 2.05) is 6.92 Å². The third-order valence-corrected chi connectivity index (χ3v) is 3.52. The number of ether oxygens (including phenoxy) is 1. The Bertz CT molecular complexity index is 540. The van der Waals surface area contributed by atoms with Gasteiger partial charge < -0.3 is 20.5 Å². The molecule has 1 aliphatic rings. The largest absolute Gasteiger partial charge is 0.394 e. The van der Waals surface area contributed by atoms with Crippen LogP contribution >= 0.6 is 0 Å². The molecule has 0 bridgehead atoms. The van der Waals surface area contributed by atoms with Crippen LogP contribution in [-0.2, 0) is 4.74 Å². The summed E-state index contributed by atoms with van der Waals surface area (Å²) in [5, 5.41) is 9.23. The number of rotatable bonds is 4. The van der Waals surface area contributed by atoms with Crippen LogP contribution in [0.3, 0.4) is 0 Å². The average molecular weight is 295 g/mol. The second-order valence-electron chi connectivity index (χ2n) is 5.39. The molecule has 1 aromatic rings. The van der Waals surface area contributed by atoms with Crippen molar-refractivity contribution in [2.75, 3.05) is 20.7 Å². The molecule has 1 saturated heterocycles. The molecule has 1 aliphatic heterocycles. The number of aldehydes is 1. The predicted molar refractivity (Wildman–Crippen MR) is 77.4 cm³/mol. The highest BCUT2D eigenvalue weighted by molar-refractivity contribution is 5.85. The topological polar surface area (TPSA) is 106 Å². The Morgan fingerprint density at radius 3 is 2.95 bits per heavy atom. The fourth-order valence-electron chi connectivity index (χ4n) is 2.34. The van der Waals surface area contributed by atoms with Crippen LogP contribution in [0, 0.1) is 5.92 Å². The number of imidazole rings is 1. The van der Waals surface area contributed by atoms with E-state index in [-0.39, 0.29) is 36.5 Å². The minimum atomic E-state index is -0.322. The smallest absolute Gasteiger partial charge is 0.197 e. The van der Waals surface area contributed by atoms with Crippen molar-refractivity contribution in [3.8, 4) is 0 Å². The van der Waals surface area contributed by atoms with Crippen LogP contribution in [0.25, 0.3) is 0 Å². The van der Waals surface area contributed by atoms with Gasteiger partial charge >= 0.3 is 0 Å². The Morgan fingerprint density at radius 2 is 2.43 bits per heavy atom. The number of hydrogen-bond acceptors (Lipinski definition) is 5.